The molecule has 1 aliphatic rings. The van der Waals surface area contributed by atoms with Gasteiger partial charge in [-0.05, 0) is 24.6 Å². The molecule has 6 heteroatoms. The summed E-state index contributed by atoms with van der Waals surface area (Å²) >= 11 is 6.02. The molecule has 1 aliphatic heterocycles. The van der Waals surface area contributed by atoms with Crippen LogP contribution in [0.25, 0.3) is 0 Å². The summed E-state index contributed by atoms with van der Waals surface area (Å²) in [4.78, 5) is 24.9. The van der Waals surface area contributed by atoms with E-state index in [1.165, 1.54) is 5.56 Å². The Morgan fingerprint density at radius 3 is 2.61 bits per heavy atom. The highest BCUT2D eigenvalue weighted by atomic mass is 35.5. The first-order chi connectivity index (χ1) is 11.1. The molecule has 3 rings (SSSR count). The summed E-state index contributed by atoms with van der Waals surface area (Å²) in [6.45, 7) is 5.81. The lowest BCUT2D eigenvalue weighted by Crippen LogP contribution is -2.48. The van der Waals surface area contributed by atoms with Crippen molar-refractivity contribution in [2.45, 2.75) is 13.5 Å². The van der Waals surface area contributed by atoms with Gasteiger partial charge in [-0.15, -0.1) is 0 Å². The number of piperazine rings is 1. The number of hydrogen-bond donors (Lipinski definition) is 0. The number of carbonyl (C=O) groups excluding carboxylic acids is 1. The average molecular weight is 331 g/mol. The third kappa shape index (κ3) is 4.06. The van der Waals surface area contributed by atoms with E-state index in [0.717, 1.165) is 30.4 Å². The number of carbonyl (C=O) groups is 1. The third-order valence-electron chi connectivity index (χ3n) is 3.95. The Morgan fingerprint density at radius 1 is 1.17 bits per heavy atom. The van der Waals surface area contributed by atoms with Crippen molar-refractivity contribution in [2.75, 3.05) is 26.2 Å². The number of benzene rings is 1. The predicted octanol–water partition coefficient (Wildman–Crippen LogP) is 2.40. The van der Waals surface area contributed by atoms with Crippen LogP contribution in [-0.4, -0.2) is 51.9 Å². The maximum atomic E-state index is 12.4. The fourth-order valence-corrected chi connectivity index (χ4v) is 2.88. The van der Waals surface area contributed by atoms with Crippen LogP contribution in [-0.2, 0) is 6.54 Å². The Bertz CT molecular complexity index is 681. The highest BCUT2D eigenvalue weighted by molar-refractivity contribution is 6.30. The first kappa shape index (κ1) is 15.9. The van der Waals surface area contributed by atoms with Gasteiger partial charge in [0.1, 0.15) is 5.69 Å². The van der Waals surface area contributed by atoms with Gasteiger partial charge in [-0.2, -0.15) is 0 Å². The van der Waals surface area contributed by atoms with E-state index in [-0.39, 0.29) is 5.91 Å². The lowest BCUT2D eigenvalue weighted by Gasteiger charge is -2.34. The molecule has 0 atom stereocenters. The molecule has 120 valence electrons. The first-order valence-electron chi connectivity index (χ1n) is 7.66. The van der Waals surface area contributed by atoms with Gasteiger partial charge < -0.3 is 4.90 Å². The van der Waals surface area contributed by atoms with Crippen molar-refractivity contribution in [1.82, 2.24) is 19.8 Å². The van der Waals surface area contributed by atoms with E-state index < -0.39 is 0 Å². The number of aryl methyl sites for hydroxylation is 1. The minimum Gasteiger partial charge on any atom is -0.335 e. The predicted molar refractivity (Wildman–Crippen MR) is 89.4 cm³/mol. The Labute approximate surface area is 140 Å². The summed E-state index contributed by atoms with van der Waals surface area (Å²) < 4.78 is 0. The molecule has 2 heterocycles. The largest absolute Gasteiger partial charge is 0.335 e. The fourth-order valence-electron chi connectivity index (χ4n) is 2.67. The van der Waals surface area contributed by atoms with Gasteiger partial charge in [0.2, 0.25) is 0 Å². The molecular formula is C17H19ClN4O. The zero-order chi connectivity index (χ0) is 16.2. The van der Waals surface area contributed by atoms with Gasteiger partial charge in [0.25, 0.3) is 5.91 Å². The molecule has 0 N–H and O–H groups in total. The minimum absolute atomic E-state index is 0.0418. The van der Waals surface area contributed by atoms with Crippen LogP contribution in [0, 0.1) is 6.92 Å². The summed E-state index contributed by atoms with van der Waals surface area (Å²) in [5.74, 6) is -0.0418. The SMILES string of the molecule is Cc1cnc(C(=O)N2CCN(Cc3cccc(Cl)c3)CC2)cn1. The van der Waals surface area contributed by atoms with Crippen LogP contribution < -0.4 is 0 Å². The molecular weight excluding hydrogens is 312 g/mol. The molecule has 1 aromatic carbocycles. The summed E-state index contributed by atoms with van der Waals surface area (Å²) in [6.07, 6.45) is 3.18. The Kier molecular flexibility index (Phi) is 4.88. The second kappa shape index (κ2) is 7.06. The molecule has 1 fully saturated rings. The van der Waals surface area contributed by atoms with Gasteiger partial charge in [-0.1, -0.05) is 23.7 Å². The van der Waals surface area contributed by atoms with Crippen LogP contribution in [0.1, 0.15) is 21.7 Å². The van der Waals surface area contributed by atoms with Crippen molar-refractivity contribution in [3.8, 4) is 0 Å². The molecule has 0 spiro atoms. The molecule has 0 radical (unpaired) electrons. The lowest BCUT2D eigenvalue weighted by molar-refractivity contribution is 0.0622. The van der Waals surface area contributed by atoms with Crippen LogP contribution in [0.4, 0.5) is 0 Å². The van der Waals surface area contributed by atoms with Crippen molar-refractivity contribution in [3.05, 3.63) is 58.6 Å². The monoisotopic (exact) mass is 330 g/mol. The maximum Gasteiger partial charge on any atom is 0.274 e. The molecule has 0 saturated carbocycles. The van der Waals surface area contributed by atoms with E-state index in [0.29, 0.717) is 18.8 Å². The van der Waals surface area contributed by atoms with E-state index in [1.807, 2.05) is 30.0 Å². The van der Waals surface area contributed by atoms with Crippen molar-refractivity contribution < 1.29 is 4.79 Å². The highest BCUT2D eigenvalue weighted by Gasteiger charge is 2.23. The zero-order valence-corrected chi connectivity index (χ0v) is 13.8. The molecule has 1 aromatic heterocycles. The van der Waals surface area contributed by atoms with E-state index in [1.54, 1.807) is 12.4 Å². The normalized spacial score (nSPS) is 15.7. The quantitative estimate of drug-likeness (QED) is 0.867. The van der Waals surface area contributed by atoms with Crippen LogP contribution in [0.3, 0.4) is 0 Å². The standard InChI is InChI=1S/C17H19ClN4O/c1-13-10-20-16(11-19-13)17(23)22-7-5-21(6-8-22)12-14-3-2-4-15(18)9-14/h2-4,9-11H,5-8,12H2,1H3. The summed E-state index contributed by atoms with van der Waals surface area (Å²) in [5, 5.41) is 0.759. The zero-order valence-electron chi connectivity index (χ0n) is 13.1. The highest BCUT2D eigenvalue weighted by Crippen LogP contribution is 2.14. The topological polar surface area (TPSA) is 49.3 Å². The van der Waals surface area contributed by atoms with Gasteiger partial charge in [-0.25, -0.2) is 4.98 Å². The van der Waals surface area contributed by atoms with E-state index in [9.17, 15) is 4.79 Å². The van der Waals surface area contributed by atoms with Crippen LogP contribution in [0.15, 0.2) is 36.7 Å². The van der Waals surface area contributed by atoms with Gasteiger partial charge in [0.15, 0.2) is 0 Å². The second-order valence-corrected chi connectivity index (χ2v) is 6.18. The van der Waals surface area contributed by atoms with Crippen LogP contribution in [0.2, 0.25) is 5.02 Å². The average Bonchev–Trinajstić information content (AvgIpc) is 2.56. The summed E-state index contributed by atoms with van der Waals surface area (Å²) in [5.41, 5.74) is 2.42. The number of rotatable bonds is 3. The molecule has 23 heavy (non-hydrogen) atoms. The molecule has 1 amide bonds. The van der Waals surface area contributed by atoms with Crippen LogP contribution >= 0.6 is 11.6 Å². The van der Waals surface area contributed by atoms with E-state index in [4.69, 9.17) is 11.6 Å². The number of hydrogen-bond acceptors (Lipinski definition) is 4. The number of aromatic nitrogens is 2. The van der Waals surface area contributed by atoms with Crippen molar-refractivity contribution in [3.63, 3.8) is 0 Å². The lowest BCUT2D eigenvalue weighted by atomic mass is 10.2. The Hall–Kier alpha value is -1.98. The van der Waals surface area contributed by atoms with Crippen molar-refractivity contribution in [1.29, 1.82) is 0 Å². The molecule has 0 aliphatic carbocycles. The van der Waals surface area contributed by atoms with Gasteiger partial charge >= 0.3 is 0 Å². The van der Waals surface area contributed by atoms with Crippen molar-refractivity contribution in [2.24, 2.45) is 0 Å². The van der Waals surface area contributed by atoms with Crippen molar-refractivity contribution >= 4 is 17.5 Å². The maximum absolute atomic E-state index is 12.4. The number of halogens is 1. The van der Waals surface area contributed by atoms with Gasteiger partial charge in [0, 0.05) is 43.9 Å². The summed E-state index contributed by atoms with van der Waals surface area (Å²) in [7, 11) is 0. The molecule has 5 nitrogen and oxygen atoms in total. The Balaban J connectivity index is 1.55. The molecule has 2 aromatic rings. The Morgan fingerprint density at radius 2 is 1.96 bits per heavy atom. The summed E-state index contributed by atoms with van der Waals surface area (Å²) in [6, 6.07) is 7.91. The number of amides is 1. The van der Waals surface area contributed by atoms with E-state index in [2.05, 4.69) is 20.9 Å². The fraction of sp³-hybridized carbons (Fsp3) is 0.353. The molecule has 0 unspecified atom stereocenters. The van der Waals surface area contributed by atoms with Gasteiger partial charge in [0.05, 0.1) is 11.9 Å². The third-order valence-corrected chi connectivity index (χ3v) is 4.19. The smallest absolute Gasteiger partial charge is 0.274 e. The second-order valence-electron chi connectivity index (χ2n) is 5.74. The number of nitrogens with zero attached hydrogens (tertiary/aromatic N) is 4. The van der Waals surface area contributed by atoms with Gasteiger partial charge in [-0.3, -0.25) is 14.7 Å². The van der Waals surface area contributed by atoms with E-state index >= 15 is 0 Å². The minimum atomic E-state index is -0.0418. The first-order valence-corrected chi connectivity index (χ1v) is 8.04. The molecule has 0 bridgehead atoms. The molecule has 1 saturated heterocycles. The van der Waals surface area contributed by atoms with Crippen LogP contribution in [0.5, 0.6) is 0 Å².